The second-order valence-corrected chi connectivity index (χ2v) is 9.09. The number of carbonyl (C=O) groups excluding carboxylic acids is 1. The molecule has 0 unspecified atom stereocenters. The van der Waals surface area contributed by atoms with E-state index >= 15 is 0 Å². The van der Waals surface area contributed by atoms with E-state index in [9.17, 15) is 9.18 Å². The van der Waals surface area contributed by atoms with Gasteiger partial charge in [-0.05, 0) is 56.0 Å². The number of amides is 1. The van der Waals surface area contributed by atoms with Crippen molar-refractivity contribution in [3.63, 3.8) is 0 Å². The van der Waals surface area contributed by atoms with Crippen molar-refractivity contribution in [1.82, 2.24) is 9.80 Å². The van der Waals surface area contributed by atoms with Crippen molar-refractivity contribution in [3.8, 4) is 0 Å². The van der Waals surface area contributed by atoms with Crippen LogP contribution in [0.2, 0.25) is 0 Å². The highest BCUT2D eigenvalue weighted by atomic mass is 19.1. The molecule has 176 valence electrons. The highest BCUT2D eigenvalue weighted by molar-refractivity contribution is 5.80. The molecule has 0 aliphatic carbocycles. The molecule has 3 heterocycles. The van der Waals surface area contributed by atoms with Crippen LogP contribution in [-0.2, 0) is 20.8 Å². The quantitative estimate of drug-likeness (QED) is 0.604. The minimum absolute atomic E-state index is 0.0676. The number of hydrogen-bond donors (Lipinski definition) is 0. The van der Waals surface area contributed by atoms with Gasteiger partial charge in [-0.1, -0.05) is 18.2 Å². The van der Waals surface area contributed by atoms with Crippen LogP contribution in [-0.4, -0.2) is 81.9 Å². The molecule has 7 heteroatoms. The lowest BCUT2D eigenvalue weighted by molar-refractivity contribution is -0.137. The largest absolute Gasteiger partial charge is 0.383 e. The van der Waals surface area contributed by atoms with E-state index in [1.165, 1.54) is 0 Å². The van der Waals surface area contributed by atoms with Crippen molar-refractivity contribution in [2.24, 2.45) is 11.8 Å². The second kappa shape index (κ2) is 11.3. The van der Waals surface area contributed by atoms with Gasteiger partial charge in [0.25, 0.3) is 0 Å². The molecule has 0 radical (unpaired) electrons. The normalized spacial score (nSPS) is 23.6. The highest BCUT2D eigenvalue weighted by Crippen LogP contribution is 2.31. The third-order valence-electron chi connectivity index (χ3n) is 7.05. The molecule has 32 heavy (non-hydrogen) atoms. The molecule has 3 aliphatic heterocycles. The van der Waals surface area contributed by atoms with E-state index in [0.717, 1.165) is 57.5 Å². The van der Waals surface area contributed by atoms with Crippen LogP contribution in [0.3, 0.4) is 0 Å². The van der Waals surface area contributed by atoms with Crippen molar-refractivity contribution in [1.29, 1.82) is 0 Å². The maximum absolute atomic E-state index is 14.7. The van der Waals surface area contributed by atoms with E-state index in [2.05, 4.69) is 22.0 Å². The van der Waals surface area contributed by atoms with Crippen molar-refractivity contribution in [2.45, 2.75) is 25.8 Å². The summed E-state index contributed by atoms with van der Waals surface area (Å²) in [5, 5.41) is 0. The summed E-state index contributed by atoms with van der Waals surface area (Å²) in [6.07, 6.45) is 7.13. The van der Waals surface area contributed by atoms with Gasteiger partial charge in [0, 0.05) is 45.8 Å². The van der Waals surface area contributed by atoms with Gasteiger partial charge in [0.2, 0.25) is 5.91 Å². The molecule has 0 spiro atoms. The number of piperidine rings is 1. The third-order valence-corrected chi connectivity index (χ3v) is 7.05. The topological polar surface area (TPSA) is 45.2 Å². The first-order valence-electron chi connectivity index (χ1n) is 11.9. The number of anilines is 1. The summed E-state index contributed by atoms with van der Waals surface area (Å²) in [6.45, 7) is 7.34. The predicted molar refractivity (Wildman–Crippen MR) is 123 cm³/mol. The fraction of sp³-hybridized carbons (Fsp3) is 0.640. The molecule has 1 atom stereocenters. The Morgan fingerprint density at radius 3 is 2.62 bits per heavy atom. The number of rotatable bonds is 7. The van der Waals surface area contributed by atoms with Crippen molar-refractivity contribution >= 4 is 11.6 Å². The summed E-state index contributed by atoms with van der Waals surface area (Å²) in [5.74, 6) is 0.600. The summed E-state index contributed by atoms with van der Waals surface area (Å²) in [7, 11) is 1.67. The standard InChI is InChI=1S/C25H36FN3O3/c1-31-15-12-29-9-3-2-4-22(25(29)30)21-7-10-27(11-8-21)19-20-5-6-24(23(26)18-20)28-13-16-32-17-14-28/h2-3,5-6,18,21-22H,4,7-17,19H2,1H3/t22-/m1/s1. The number of halogens is 1. The van der Waals surface area contributed by atoms with Gasteiger partial charge in [-0.25, -0.2) is 4.39 Å². The Morgan fingerprint density at radius 2 is 1.91 bits per heavy atom. The molecule has 2 saturated heterocycles. The molecule has 3 aliphatic rings. The Kier molecular flexibility index (Phi) is 8.16. The van der Waals surface area contributed by atoms with E-state index in [0.29, 0.717) is 44.5 Å². The minimum Gasteiger partial charge on any atom is -0.383 e. The number of methoxy groups -OCH3 is 1. The molecule has 0 saturated carbocycles. The average Bonchev–Trinajstić information content (AvgIpc) is 3.00. The van der Waals surface area contributed by atoms with Gasteiger partial charge in [0.05, 0.1) is 25.5 Å². The van der Waals surface area contributed by atoms with Crippen LogP contribution in [0.4, 0.5) is 10.1 Å². The number of likely N-dealkylation sites (tertiary alicyclic amines) is 1. The zero-order valence-electron chi connectivity index (χ0n) is 19.2. The van der Waals surface area contributed by atoms with Gasteiger partial charge in [0.1, 0.15) is 5.82 Å². The molecule has 0 bridgehead atoms. The Bertz CT molecular complexity index is 789. The zero-order valence-corrected chi connectivity index (χ0v) is 19.2. The molecular weight excluding hydrogens is 409 g/mol. The predicted octanol–water partition coefficient (Wildman–Crippen LogP) is 2.93. The van der Waals surface area contributed by atoms with Crippen molar-refractivity contribution in [3.05, 3.63) is 41.7 Å². The van der Waals surface area contributed by atoms with Crippen molar-refractivity contribution in [2.75, 3.05) is 71.1 Å². The average molecular weight is 446 g/mol. The first kappa shape index (κ1) is 23.2. The Labute approximate surface area is 190 Å². The van der Waals surface area contributed by atoms with Crippen LogP contribution < -0.4 is 4.90 Å². The lowest BCUT2D eigenvalue weighted by Crippen LogP contribution is -2.43. The number of nitrogens with zero attached hydrogens (tertiary/aromatic N) is 3. The summed E-state index contributed by atoms with van der Waals surface area (Å²) >= 11 is 0. The van der Waals surface area contributed by atoms with Gasteiger partial charge in [0.15, 0.2) is 0 Å². The van der Waals surface area contributed by atoms with Crippen LogP contribution in [0.15, 0.2) is 30.4 Å². The molecular formula is C25H36FN3O3. The molecule has 0 N–H and O–H groups in total. The minimum atomic E-state index is -0.147. The van der Waals surface area contributed by atoms with E-state index in [1.54, 1.807) is 13.2 Å². The zero-order chi connectivity index (χ0) is 22.3. The lowest BCUT2D eigenvalue weighted by Gasteiger charge is -2.36. The number of carbonyl (C=O) groups is 1. The summed E-state index contributed by atoms with van der Waals surface area (Å²) in [4.78, 5) is 19.5. The van der Waals surface area contributed by atoms with Gasteiger partial charge in [-0.2, -0.15) is 0 Å². The highest BCUT2D eigenvalue weighted by Gasteiger charge is 2.34. The monoisotopic (exact) mass is 445 g/mol. The molecule has 0 aromatic heterocycles. The van der Waals surface area contributed by atoms with Crippen LogP contribution in [0.25, 0.3) is 0 Å². The number of benzene rings is 1. The Hall–Kier alpha value is -1.96. The summed E-state index contributed by atoms with van der Waals surface area (Å²) in [6, 6.07) is 5.64. The Morgan fingerprint density at radius 1 is 1.12 bits per heavy atom. The van der Waals surface area contributed by atoms with Gasteiger partial charge in [-0.15, -0.1) is 0 Å². The molecule has 2 fully saturated rings. The Balaban J connectivity index is 1.30. The second-order valence-electron chi connectivity index (χ2n) is 9.09. The van der Waals surface area contributed by atoms with Crippen LogP contribution in [0, 0.1) is 17.7 Å². The maximum Gasteiger partial charge on any atom is 0.226 e. The van der Waals surface area contributed by atoms with E-state index in [-0.39, 0.29) is 17.6 Å². The van der Waals surface area contributed by atoms with Crippen LogP contribution >= 0.6 is 0 Å². The summed E-state index contributed by atoms with van der Waals surface area (Å²) < 4.78 is 25.3. The molecule has 1 aromatic carbocycles. The SMILES string of the molecule is COCCN1CC=CC[C@H](C2CCN(Cc3ccc(N4CCOCC4)c(F)c3)CC2)C1=O. The van der Waals surface area contributed by atoms with Crippen LogP contribution in [0.5, 0.6) is 0 Å². The number of hydrogen-bond acceptors (Lipinski definition) is 5. The first-order chi connectivity index (χ1) is 15.7. The third kappa shape index (κ3) is 5.69. The van der Waals surface area contributed by atoms with Crippen molar-refractivity contribution < 1.29 is 18.7 Å². The summed E-state index contributed by atoms with van der Waals surface area (Å²) in [5.41, 5.74) is 1.69. The van der Waals surface area contributed by atoms with Crippen LogP contribution in [0.1, 0.15) is 24.8 Å². The first-order valence-corrected chi connectivity index (χ1v) is 11.9. The van der Waals surface area contributed by atoms with E-state index < -0.39 is 0 Å². The molecule has 4 rings (SSSR count). The molecule has 6 nitrogen and oxygen atoms in total. The van der Waals surface area contributed by atoms with Gasteiger partial charge in [-0.3, -0.25) is 9.69 Å². The lowest BCUT2D eigenvalue weighted by atomic mass is 9.81. The number of ether oxygens (including phenoxy) is 2. The number of morpholine rings is 1. The molecule has 1 aromatic rings. The van der Waals surface area contributed by atoms with Gasteiger partial charge < -0.3 is 19.3 Å². The maximum atomic E-state index is 14.7. The van der Waals surface area contributed by atoms with E-state index in [1.807, 2.05) is 17.0 Å². The van der Waals surface area contributed by atoms with E-state index in [4.69, 9.17) is 9.47 Å². The fourth-order valence-electron chi connectivity index (χ4n) is 5.15. The van der Waals surface area contributed by atoms with Gasteiger partial charge >= 0.3 is 0 Å². The smallest absolute Gasteiger partial charge is 0.226 e. The molecule has 1 amide bonds. The fourth-order valence-corrected chi connectivity index (χ4v) is 5.15. The number of allylic oxidation sites excluding steroid dienone is 1.